The van der Waals surface area contributed by atoms with Gasteiger partial charge in [0.2, 0.25) is 6.10 Å². The van der Waals surface area contributed by atoms with E-state index < -0.39 is 12.1 Å². The molecule has 4 heteroatoms. The van der Waals surface area contributed by atoms with Crippen molar-refractivity contribution in [3.8, 4) is 5.75 Å². The molecule has 3 rings (SSSR count). The first-order valence-electron chi connectivity index (χ1n) is 6.53. The van der Waals surface area contributed by atoms with E-state index in [9.17, 15) is 4.79 Å². The molecule has 4 nitrogen and oxygen atoms in total. The maximum absolute atomic E-state index is 11.9. The van der Waals surface area contributed by atoms with Crippen molar-refractivity contribution in [2.75, 3.05) is 6.61 Å². The van der Waals surface area contributed by atoms with E-state index in [1.54, 1.807) is 13.0 Å². The van der Waals surface area contributed by atoms with Crippen LogP contribution in [0.3, 0.4) is 0 Å². The highest BCUT2D eigenvalue weighted by Gasteiger charge is 2.29. The molecule has 1 aliphatic heterocycles. The molecule has 0 aliphatic carbocycles. The molecule has 1 unspecified atom stereocenters. The molecule has 1 heterocycles. The van der Waals surface area contributed by atoms with Gasteiger partial charge in [-0.05, 0) is 18.4 Å². The van der Waals surface area contributed by atoms with Crippen LogP contribution in [0.2, 0.25) is 0 Å². The first-order valence-corrected chi connectivity index (χ1v) is 6.53. The van der Waals surface area contributed by atoms with Crippen LogP contribution in [0.4, 0.5) is 0 Å². The third kappa shape index (κ3) is 1.99. The Kier molecular flexibility index (Phi) is 3.06. The molecule has 0 spiro atoms. The van der Waals surface area contributed by atoms with Gasteiger partial charge in [0, 0.05) is 10.9 Å². The summed E-state index contributed by atoms with van der Waals surface area (Å²) in [4.78, 5) is 11.9. The highest BCUT2D eigenvalue weighted by molar-refractivity contribution is 5.94. The molecule has 0 aromatic heterocycles. The average molecular weight is 269 g/mol. The smallest absolute Gasteiger partial charge is 0.353 e. The molecule has 0 radical (unpaired) electrons. The third-order valence-electron chi connectivity index (χ3n) is 3.27. The van der Waals surface area contributed by atoms with E-state index in [1.165, 1.54) is 0 Å². The number of fused-ring (bicyclic) bond motifs is 3. The van der Waals surface area contributed by atoms with Crippen LogP contribution in [0, 0.1) is 0 Å². The number of carbonyl (C=O) groups excluding carboxylic acids is 1. The molecule has 1 atom stereocenters. The Hall–Kier alpha value is -2.49. The van der Waals surface area contributed by atoms with Crippen LogP contribution in [0.25, 0.3) is 16.8 Å². The van der Waals surface area contributed by atoms with E-state index in [0.717, 1.165) is 16.3 Å². The number of hydrogen-bond acceptors (Lipinski definition) is 4. The molecule has 20 heavy (non-hydrogen) atoms. The third-order valence-corrected chi connectivity index (χ3v) is 3.27. The summed E-state index contributed by atoms with van der Waals surface area (Å²) < 4.78 is 10.8. The van der Waals surface area contributed by atoms with Crippen molar-refractivity contribution in [3.05, 3.63) is 47.7 Å². The Labute approximate surface area is 116 Å². The van der Waals surface area contributed by atoms with E-state index in [-0.39, 0.29) is 0 Å². The van der Waals surface area contributed by atoms with Crippen molar-refractivity contribution >= 4 is 22.8 Å². The second kappa shape index (κ2) is 4.89. The van der Waals surface area contributed by atoms with Gasteiger partial charge in [0.05, 0.1) is 12.3 Å². The second-order valence-corrected chi connectivity index (χ2v) is 4.60. The molecule has 1 aliphatic rings. The standard InChI is InChI=1S/C16H15NO3/c1-2-19-16(18)15-13(17)9-11-8-7-10-5-3-4-6-12(10)14(11)20-15/h3-9,15H,2,17H2,1H3. The molecular weight excluding hydrogens is 254 g/mol. The van der Waals surface area contributed by atoms with Crippen LogP contribution in [0.15, 0.2) is 42.1 Å². The van der Waals surface area contributed by atoms with Crippen LogP contribution in [-0.2, 0) is 9.53 Å². The maximum Gasteiger partial charge on any atom is 0.353 e. The molecule has 0 saturated carbocycles. The lowest BCUT2D eigenvalue weighted by atomic mass is 10.0. The van der Waals surface area contributed by atoms with Gasteiger partial charge < -0.3 is 15.2 Å². The fourth-order valence-electron chi connectivity index (χ4n) is 2.35. The topological polar surface area (TPSA) is 61.5 Å². The summed E-state index contributed by atoms with van der Waals surface area (Å²) in [5.74, 6) is 0.218. The average Bonchev–Trinajstić information content (AvgIpc) is 2.46. The van der Waals surface area contributed by atoms with Gasteiger partial charge in [0.1, 0.15) is 5.75 Å². The lowest BCUT2D eigenvalue weighted by Crippen LogP contribution is -2.36. The van der Waals surface area contributed by atoms with Gasteiger partial charge in [0.25, 0.3) is 0 Å². The molecular formula is C16H15NO3. The van der Waals surface area contributed by atoms with Gasteiger partial charge in [-0.25, -0.2) is 4.79 Å². The summed E-state index contributed by atoms with van der Waals surface area (Å²) in [6.45, 7) is 2.05. The molecule has 0 amide bonds. The minimum Gasteiger partial charge on any atom is -0.471 e. The number of hydrogen-bond donors (Lipinski definition) is 1. The summed E-state index contributed by atoms with van der Waals surface area (Å²) in [6.07, 6.45) is 0.903. The van der Waals surface area contributed by atoms with Gasteiger partial charge in [-0.3, -0.25) is 0 Å². The Morgan fingerprint density at radius 1 is 1.30 bits per heavy atom. The minimum absolute atomic E-state index is 0.300. The summed E-state index contributed by atoms with van der Waals surface area (Å²) >= 11 is 0. The molecule has 2 N–H and O–H groups in total. The summed E-state index contributed by atoms with van der Waals surface area (Å²) in [6, 6.07) is 11.8. The summed E-state index contributed by atoms with van der Waals surface area (Å²) in [5, 5.41) is 2.02. The number of ether oxygens (including phenoxy) is 2. The predicted molar refractivity (Wildman–Crippen MR) is 77.2 cm³/mol. The van der Waals surface area contributed by atoms with Crippen molar-refractivity contribution < 1.29 is 14.3 Å². The van der Waals surface area contributed by atoms with Gasteiger partial charge in [0.15, 0.2) is 0 Å². The highest BCUT2D eigenvalue weighted by Crippen LogP contribution is 2.35. The van der Waals surface area contributed by atoms with E-state index in [0.29, 0.717) is 18.1 Å². The van der Waals surface area contributed by atoms with E-state index >= 15 is 0 Å². The van der Waals surface area contributed by atoms with Crippen LogP contribution in [0.1, 0.15) is 12.5 Å². The highest BCUT2D eigenvalue weighted by atomic mass is 16.6. The van der Waals surface area contributed by atoms with Crippen LogP contribution in [0.5, 0.6) is 5.75 Å². The number of esters is 1. The summed E-state index contributed by atoms with van der Waals surface area (Å²) in [5.41, 5.74) is 7.15. The van der Waals surface area contributed by atoms with Crippen molar-refractivity contribution in [1.82, 2.24) is 0 Å². The Morgan fingerprint density at radius 2 is 2.10 bits per heavy atom. The van der Waals surface area contributed by atoms with Crippen molar-refractivity contribution in [2.24, 2.45) is 5.73 Å². The van der Waals surface area contributed by atoms with Gasteiger partial charge in [-0.15, -0.1) is 0 Å². The zero-order chi connectivity index (χ0) is 14.1. The number of carbonyl (C=O) groups is 1. The zero-order valence-electron chi connectivity index (χ0n) is 11.1. The lowest BCUT2D eigenvalue weighted by Gasteiger charge is -2.24. The summed E-state index contributed by atoms with van der Waals surface area (Å²) in [7, 11) is 0. The molecule has 2 aromatic carbocycles. The van der Waals surface area contributed by atoms with Gasteiger partial charge in [-0.2, -0.15) is 0 Å². The Bertz CT molecular complexity index is 706. The molecule has 0 saturated heterocycles. The zero-order valence-corrected chi connectivity index (χ0v) is 11.1. The van der Waals surface area contributed by atoms with Crippen molar-refractivity contribution in [2.45, 2.75) is 13.0 Å². The molecule has 102 valence electrons. The Balaban J connectivity index is 2.09. The SMILES string of the molecule is CCOC(=O)C1Oc2c(ccc3ccccc23)C=C1N. The van der Waals surface area contributed by atoms with E-state index in [4.69, 9.17) is 15.2 Å². The fourth-order valence-corrected chi connectivity index (χ4v) is 2.35. The normalized spacial score (nSPS) is 17.1. The quantitative estimate of drug-likeness (QED) is 0.851. The van der Waals surface area contributed by atoms with Gasteiger partial charge in [-0.1, -0.05) is 36.4 Å². The lowest BCUT2D eigenvalue weighted by molar-refractivity contribution is -0.149. The van der Waals surface area contributed by atoms with Crippen molar-refractivity contribution in [1.29, 1.82) is 0 Å². The van der Waals surface area contributed by atoms with Gasteiger partial charge >= 0.3 is 5.97 Å². The van der Waals surface area contributed by atoms with E-state index in [1.807, 2.05) is 36.4 Å². The molecule has 2 aromatic rings. The second-order valence-electron chi connectivity index (χ2n) is 4.60. The minimum atomic E-state index is -0.867. The van der Waals surface area contributed by atoms with Crippen LogP contribution >= 0.6 is 0 Å². The largest absolute Gasteiger partial charge is 0.471 e. The van der Waals surface area contributed by atoms with E-state index in [2.05, 4.69) is 0 Å². The monoisotopic (exact) mass is 269 g/mol. The number of rotatable bonds is 2. The number of benzene rings is 2. The van der Waals surface area contributed by atoms with Crippen LogP contribution < -0.4 is 10.5 Å². The Morgan fingerprint density at radius 3 is 2.90 bits per heavy atom. The number of nitrogens with two attached hydrogens (primary N) is 1. The predicted octanol–water partition coefficient (Wildman–Crippen LogP) is 2.46. The maximum atomic E-state index is 11.9. The first-order chi connectivity index (χ1) is 9.70. The molecule has 0 fully saturated rings. The van der Waals surface area contributed by atoms with Crippen LogP contribution in [-0.4, -0.2) is 18.7 Å². The first kappa shape index (κ1) is 12.5. The van der Waals surface area contributed by atoms with Crippen molar-refractivity contribution in [3.63, 3.8) is 0 Å². The molecule has 0 bridgehead atoms. The fraction of sp³-hybridized carbons (Fsp3) is 0.188.